The van der Waals surface area contributed by atoms with Crippen LogP contribution >= 0.6 is 0 Å². The minimum Gasteiger partial charge on any atom is -0.445 e. The van der Waals surface area contributed by atoms with Gasteiger partial charge in [-0.05, 0) is 19.9 Å². The standard InChI is InChI=1S/C8H13FN2O/c1-7-5-11-8(12-7)6-10-4-2-3-9/h5,10H,2-4,6H2,1H3. The summed E-state index contributed by atoms with van der Waals surface area (Å²) >= 11 is 0. The summed E-state index contributed by atoms with van der Waals surface area (Å²) in [6.45, 7) is 2.81. The molecule has 3 nitrogen and oxygen atoms in total. The average molecular weight is 172 g/mol. The van der Waals surface area contributed by atoms with Crippen LogP contribution in [0.5, 0.6) is 0 Å². The molecule has 0 bridgehead atoms. The van der Waals surface area contributed by atoms with Gasteiger partial charge in [-0.2, -0.15) is 0 Å². The van der Waals surface area contributed by atoms with E-state index in [9.17, 15) is 4.39 Å². The van der Waals surface area contributed by atoms with Crippen molar-refractivity contribution >= 4 is 0 Å². The van der Waals surface area contributed by atoms with Gasteiger partial charge in [-0.25, -0.2) is 4.98 Å². The summed E-state index contributed by atoms with van der Waals surface area (Å²) in [5.41, 5.74) is 0. The van der Waals surface area contributed by atoms with Crippen LogP contribution in [0.2, 0.25) is 0 Å². The van der Waals surface area contributed by atoms with Gasteiger partial charge in [-0.15, -0.1) is 0 Å². The molecule has 0 aliphatic carbocycles. The van der Waals surface area contributed by atoms with Crippen LogP contribution in [0.3, 0.4) is 0 Å². The normalized spacial score (nSPS) is 10.5. The Hall–Kier alpha value is -0.900. The molecule has 1 aromatic rings. The average Bonchev–Trinajstić information content (AvgIpc) is 2.45. The molecule has 0 fully saturated rings. The quantitative estimate of drug-likeness (QED) is 0.683. The minimum absolute atomic E-state index is 0.280. The fraction of sp³-hybridized carbons (Fsp3) is 0.625. The lowest BCUT2D eigenvalue weighted by Crippen LogP contribution is -2.15. The molecule has 68 valence electrons. The third kappa shape index (κ3) is 3.00. The highest BCUT2D eigenvalue weighted by atomic mass is 19.1. The zero-order valence-electron chi connectivity index (χ0n) is 7.14. The Kier molecular flexibility index (Phi) is 3.73. The fourth-order valence-electron chi connectivity index (χ4n) is 0.870. The first-order valence-electron chi connectivity index (χ1n) is 4.01. The molecule has 0 unspecified atom stereocenters. The SMILES string of the molecule is Cc1cnc(CNCCCF)o1. The maximum atomic E-state index is 11.6. The number of hydrogen-bond acceptors (Lipinski definition) is 3. The van der Waals surface area contributed by atoms with Crippen molar-refractivity contribution in [2.75, 3.05) is 13.2 Å². The summed E-state index contributed by atoms with van der Waals surface area (Å²) in [6.07, 6.45) is 2.21. The highest BCUT2D eigenvalue weighted by molar-refractivity contribution is 4.90. The minimum atomic E-state index is -0.280. The number of aromatic nitrogens is 1. The van der Waals surface area contributed by atoms with Gasteiger partial charge in [0, 0.05) is 0 Å². The van der Waals surface area contributed by atoms with Crippen LogP contribution < -0.4 is 5.32 Å². The molecule has 0 aliphatic heterocycles. The first kappa shape index (κ1) is 9.19. The Labute approximate surface area is 71.0 Å². The molecule has 0 radical (unpaired) electrons. The van der Waals surface area contributed by atoms with Gasteiger partial charge < -0.3 is 9.73 Å². The van der Waals surface area contributed by atoms with Crippen molar-refractivity contribution in [1.29, 1.82) is 0 Å². The second-order valence-electron chi connectivity index (χ2n) is 2.58. The Morgan fingerprint density at radius 1 is 1.67 bits per heavy atom. The second-order valence-corrected chi connectivity index (χ2v) is 2.58. The van der Waals surface area contributed by atoms with Gasteiger partial charge in [-0.1, -0.05) is 0 Å². The van der Waals surface area contributed by atoms with Crippen molar-refractivity contribution in [1.82, 2.24) is 10.3 Å². The third-order valence-electron chi connectivity index (χ3n) is 1.43. The van der Waals surface area contributed by atoms with E-state index in [1.165, 1.54) is 0 Å². The molecule has 0 atom stereocenters. The summed E-state index contributed by atoms with van der Waals surface area (Å²) in [5, 5.41) is 3.02. The Morgan fingerprint density at radius 2 is 2.50 bits per heavy atom. The summed E-state index contributed by atoms with van der Waals surface area (Å²) in [6, 6.07) is 0. The van der Waals surface area contributed by atoms with Crippen LogP contribution in [0.15, 0.2) is 10.6 Å². The van der Waals surface area contributed by atoms with Gasteiger partial charge >= 0.3 is 0 Å². The molecule has 0 amide bonds. The van der Waals surface area contributed by atoms with E-state index in [-0.39, 0.29) is 6.67 Å². The van der Waals surface area contributed by atoms with Gasteiger partial charge in [-0.3, -0.25) is 4.39 Å². The molecule has 4 heteroatoms. The lowest BCUT2D eigenvalue weighted by atomic mass is 10.4. The van der Waals surface area contributed by atoms with E-state index in [1.807, 2.05) is 6.92 Å². The summed E-state index contributed by atoms with van der Waals surface area (Å²) in [5.74, 6) is 1.46. The van der Waals surface area contributed by atoms with Crippen molar-refractivity contribution in [2.24, 2.45) is 0 Å². The number of nitrogens with zero attached hydrogens (tertiary/aromatic N) is 1. The lowest BCUT2D eigenvalue weighted by Gasteiger charge is -1.97. The molecule has 12 heavy (non-hydrogen) atoms. The number of alkyl halides is 1. The number of rotatable bonds is 5. The Morgan fingerprint density at radius 3 is 3.08 bits per heavy atom. The highest BCUT2D eigenvalue weighted by Gasteiger charge is 1.98. The molecular weight excluding hydrogens is 159 g/mol. The van der Waals surface area contributed by atoms with Crippen LogP contribution in [0.4, 0.5) is 4.39 Å². The highest BCUT2D eigenvalue weighted by Crippen LogP contribution is 2.00. The van der Waals surface area contributed by atoms with Crippen LogP contribution in [0.25, 0.3) is 0 Å². The van der Waals surface area contributed by atoms with Gasteiger partial charge in [0.1, 0.15) is 5.76 Å². The smallest absolute Gasteiger partial charge is 0.208 e. The Balaban J connectivity index is 2.15. The zero-order chi connectivity index (χ0) is 8.81. The van der Waals surface area contributed by atoms with Gasteiger partial charge in [0.2, 0.25) is 5.89 Å². The predicted molar refractivity (Wildman–Crippen MR) is 43.5 cm³/mol. The number of hydrogen-bond donors (Lipinski definition) is 1. The van der Waals surface area contributed by atoms with Gasteiger partial charge in [0.05, 0.1) is 19.4 Å². The van der Waals surface area contributed by atoms with Gasteiger partial charge in [0.15, 0.2) is 0 Å². The summed E-state index contributed by atoms with van der Waals surface area (Å²) in [7, 11) is 0. The second kappa shape index (κ2) is 4.87. The maximum Gasteiger partial charge on any atom is 0.208 e. The Bertz CT molecular complexity index is 225. The fourth-order valence-corrected chi connectivity index (χ4v) is 0.870. The molecular formula is C8H13FN2O. The molecule has 1 N–H and O–H groups in total. The molecule has 1 heterocycles. The summed E-state index contributed by atoms with van der Waals surface area (Å²) < 4.78 is 16.8. The van der Waals surface area contributed by atoms with Crippen LogP contribution in [-0.4, -0.2) is 18.2 Å². The van der Waals surface area contributed by atoms with E-state index in [2.05, 4.69) is 10.3 Å². The van der Waals surface area contributed by atoms with Crippen LogP contribution in [-0.2, 0) is 6.54 Å². The number of oxazole rings is 1. The summed E-state index contributed by atoms with van der Waals surface area (Å²) in [4.78, 5) is 3.99. The van der Waals surface area contributed by atoms with Crippen molar-refractivity contribution in [3.63, 3.8) is 0 Å². The van der Waals surface area contributed by atoms with E-state index < -0.39 is 0 Å². The molecule has 1 aromatic heterocycles. The molecule has 1 rings (SSSR count). The van der Waals surface area contributed by atoms with Crippen molar-refractivity contribution in [3.05, 3.63) is 17.8 Å². The van der Waals surface area contributed by atoms with Crippen molar-refractivity contribution in [3.8, 4) is 0 Å². The number of nitrogens with one attached hydrogen (secondary N) is 1. The largest absolute Gasteiger partial charge is 0.445 e. The van der Waals surface area contributed by atoms with E-state index in [0.29, 0.717) is 25.4 Å². The van der Waals surface area contributed by atoms with E-state index in [1.54, 1.807) is 6.20 Å². The lowest BCUT2D eigenvalue weighted by molar-refractivity contribution is 0.427. The molecule has 0 aliphatic rings. The van der Waals surface area contributed by atoms with Crippen molar-refractivity contribution < 1.29 is 8.81 Å². The van der Waals surface area contributed by atoms with E-state index >= 15 is 0 Å². The topological polar surface area (TPSA) is 38.1 Å². The van der Waals surface area contributed by atoms with Crippen molar-refractivity contribution in [2.45, 2.75) is 19.9 Å². The number of halogens is 1. The first-order valence-corrected chi connectivity index (χ1v) is 4.01. The molecule has 0 aromatic carbocycles. The number of aryl methyl sites for hydroxylation is 1. The molecule has 0 spiro atoms. The monoisotopic (exact) mass is 172 g/mol. The van der Waals surface area contributed by atoms with Crippen LogP contribution in [0.1, 0.15) is 18.1 Å². The predicted octanol–water partition coefficient (Wildman–Crippen LogP) is 1.43. The zero-order valence-corrected chi connectivity index (χ0v) is 7.14. The molecule has 0 saturated carbocycles. The van der Waals surface area contributed by atoms with Gasteiger partial charge in [0.25, 0.3) is 0 Å². The van der Waals surface area contributed by atoms with Crippen LogP contribution in [0, 0.1) is 6.92 Å². The van der Waals surface area contributed by atoms with E-state index in [0.717, 1.165) is 5.76 Å². The molecule has 0 saturated heterocycles. The van der Waals surface area contributed by atoms with E-state index in [4.69, 9.17) is 4.42 Å². The first-order chi connectivity index (χ1) is 5.83. The maximum absolute atomic E-state index is 11.6. The third-order valence-corrected chi connectivity index (χ3v) is 1.43.